The number of benzene rings is 1. The lowest BCUT2D eigenvalue weighted by molar-refractivity contribution is 0.0324. The molecule has 1 aromatic heterocycles. The van der Waals surface area contributed by atoms with Crippen molar-refractivity contribution in [2.45, 2.75) is 26.6 Å². The fourth-order valence-corrected chi connectivity index (χ4v) is 3.25. The number of rotatable bonds is 2. The molecule has 0 aliphatic carbocycles. The van der Waals surface area contributed by atoms with Crippen molar-refractivity contribution in [3.63, 3.8) is 0 Å². The Balaban J connectivity index is 1.69. The van der Waals surface area contributed by atoms with E-state index in [4.69, 9.17) is 18.9 Å². The Hall–Kier alpha value is -2.03. The molecular formula is C23H32N2O5. The average molecular weight is 417 g/mol. The summed E-state index contributed by atoms with van der Waals surface area (Å²) < 4.78 is 22.6. The number of nitrogens with zero attached hydrogens (tertiary/aromatic N) is 1. The first kappa shape index (κ1) is 22.7. The van der Waals surface area contributed by atoms with Gasteiger partial charge in [-0.05, 0) is 36.2 Å². The van der Waals surface area contributed by atoms with E-state index in [-0.39, 0.29) is 0 Å². The molecule has 1 aliphatic heterocycles. The second-order valence-electron chi connectivity index (χ2n) is 7.35. The number of nitrogens with one attached hydrogen (secondary N) is 1. The smallest absolute Gasteiger partial charge is 0.119 e. The topological polar surface area (TPSA) is 82.1 Å². The summed E-state index contributed by atoms with van der Waals surface area (Å²) in [4.78, 5) is 4.67. The highest BCUT2D eigenvalue weighted by molar-refractivity contribution is 5.39. The van der Waals surface area contributed by atoms with Gasteiger partial charge in [-0.25, -0.2) is 0 Å². The molecule has 0 saturated heterocycles. The molecule has 0 unspecified atom stereocenters. The van der Waals surface area contributed by atoms with E-state index in [0.29, 0.717) is 65.0 Å². The Morgan fingerprint density at radius 2 is 1.43 bits per heavy atom. The Morgan fingerprint density at radius 3 is 2.07 bits per heavy atom. The maximum Gasteiger partial charge on any atom is 0.119 e. The second-order valence-corrected chi connectivity index (χ2v) is 7.35. The largest absolute Gasteiger partial charge is 0.508 e. The molecule has 0 fully saturated rings. The van der Waals surface area contributed by atoms with Crippen LogP contribution in [0.4, 0.5) is 0 Å². The van der Waals surface area contributed by atoms with Gasteiger partial charge in [0, 0.05) is 19.5 Å². The Bertz CT molecular complexity index is 750. The summed E-state index contributed by atoms with van der Waals surface area (Å²) >= 11 is 0. The summed E-state index contributed by atoms with van der Waals surface area (Å²) in [6.07, 6.45) is 0.620. The van der Waals surface area contributed by atoms with Crippen molar-refractivity contribution in [1.82, 2.24) is 10.3 Å². The summed E-state index contributed by atoms with van der Waals surface area (Å²) in [5, 5.41) is 13.5. The normalized spacial score (nSPS) is 17.8. The van der Waals surface area contributed by atoms with Gasteiger partial charge in [0.05, 0.1) is 64.2 Å². The van der Waals surface area contributed by atoms with Crippen LogP contribution in [0.3, 0.4) is 0 Å². The van der Waals surface area contributed by atoms with E-state index in [1.54, 1.807) is 6.07 Å². The van der Waals surface area contributed by atoms with Crippen LogP contribution in [0, 0.1) is 6.92 Å². The van der Waals surface area contributed by atoms with Gasteiger partial charge < -0.3 is 29.4 Å². The monoisotopic (exact) mass is 416 g/mol. The number of hydrogen-bond donors (Lipinski definition) is 2. The molecule has 0 atom stereocenters. The van der Waals surface area contributed by atoms with Crippen LogP contribution in [-0.2, 0) is 38.6 Å². The highest BCUT2D eigenvalue weighted by Gasteiger charge is 2.08. The van der Waals surface area contributed by atoms with E-state index >= 15 is 0 Å². The third-order valence-electron chi connectivity index (χ3n) is 4.71. The zero-order valence-corrected chi connectivity index (χ0v) is 17.7. The average Bonchev–Trinajstić information content (AvgIpc) is 2.73. The molecule has 1 aromatic carbocycles. The third-order valence-corrected chi connectivity index (χ3v) is 4.71. The number of ether oxygens (including phenoxy) is 4. The minimum atomic E-state index is 0.304. The van der Waals surface area contributed by atoms with E-state index in [2.05, 4.69) is 10.3 Å². The van der Waals surface area contributed by atoms with Crippen LogP contribution < -0.4 is 5.32 Å². The zero-order valence-electron chi connectivity index (χ0n) is 17.7. The molecule has 2 aromatic rings. The first-order valence-electron chi connectivity index (χ1n) is 10.5. The number of fused-ring (bicyclic) bond motifs is 2. The van der Waals surface area contributed by atoms with Crippen molar-refractivity contribution in [3.05, 3.63) is 58.4 Å². The molecule has 7 heteroatoms. The highest BCUT2D eigenvalue weighted by atomic mass is 16.5. The standard InChI is InChI=1S/C23H32N2O5/c1-18-2-3-23(26)20(12-18)13-19-14-21-16-29-10-8-27-6-4-24-5-7-28-9-11-30-17-22(15-19)25-21/h2-3,12,14-15,24,26H,4-11,13,16-17H2,1H3. The van der Waals surface area contributed by atoms with Crippen molar-refractivity contribution in [2.24, 2.45) is 0 Å². The lowest BCUT2D eigenvalue weighted by Gasteiger charge is -2.12. The predicted octanol–water partition coefficient (Wildman–Crippen LogP) is 2.36. The molecule has 1 aliphatic rings. The maximum atomic E-state index is 10.2. The molecular weight excluding hydrogens is 384 g/mol. The number of phenols is 1. The molecule has 30 heavy (non-hydrogen) atoms. The Kier molecular flexibility index (Phi) is 9.53. The first-order chi connectivity index (χ1) is 14.7. The SMILES string of the molecule is Cc1ccc(O)c(Cc2cc3nc(c2)COCCOCCNCCOCCOC3)c1. The summed E-state index contributed by atoms with van der Waals surface area (Å²) in [7, 11) is 0. The number of pyridine rings is 1. The quantitative estimate of drug-likeness (QED) is 0.778. The molecule has 2 bridgehead atoms. The van der Waals surface area contributed by atoms with Gasteiger partial charge in [0.15, 0.2) is 0 Å². The maximum absolute atomic E-state index is 10.2. The minimum Gasteiger partial charge on any atom is -0.508 e. The van der Waals surface area contributed by atoms with Gasteiger partial charge in [0.2, 0.25) is 0 Å². The molecule has 0 radical (unpaired) electrons. The Morgan fingerprint density at radius 1 is 0.833 bits per heavy atom. The lowest BCUT2D eigenvalue weighted by Crippen LogP contribution is -2.25. The molecule has 2 heterocycles. The minimum absolute atomic E-state index is 0.304. The van der Waals surface area contributed by atoms with Crippen LogP contribution in [0.1, 0.15) is 28.1 Å². The predicted molar refractivity (Wildman–Crippen MR) is 114 cm³/mol. The summed E-state index contributed by atoms with van der Waals surface area (Å²) in [5.74, 6) is 0.304. The van der Waals surface area contributed by atoms with E-state index in [9.17, 15) is 5.11 Å². The molecule has 2 N–H and O–H groups in total. The molecule has 0 spiro atoms. The third kappa shape index (κ3) is 8.01. The van der Waals surface area contributed by atoms with Crippen LogP contribution in [-0.4, -0.2) is 62.8 Å². The van der Waals surface area contributed by atoms with Gasteiger partial charge >= 0.3 is 0 Å². The van der Waals surface area contributed by atoms with Gasteiger partial charge in [-0.3, -0.25) is 4.98 Å². The van der Waals surface area contributed by atoms with E-state index in [0.717, 1.165) is 41.2 Å². The van der Waals surface area contributed by atoms with Crippen LogP contribution >= 0.6 is 0 Å². The number of hydrogen-bond acceptors (Lipinski definition) is 7. The second kappa shape index (κ2) is 12.6. The number of aryl methyl sites for hydroxylation is 1. The van der Waals surface area contributed by atoms with E-state index < -0.39 is 0 Å². The molecule has 7 nitrogen and oxygen atoms in total. The Labute approximate surface area is 178 Å². The van der Waals surface area contributed by atoms with Crippen LogP contribution in [0.2, 0.25) is 0 Å². The van der Waals surface area contributed by atoms with Gasteiger partial charge in [-0.15, -0.1) is 0 Å². The van der Waals surface area contributed by atoms with Crippen molar-refractivity contribution in [3.8, 4) is 5.75 Å². The fraction of sp³-hybridized carbons (Fsp3) is 0.522. The molecule has 164 valence electrons. The molecule has 3 rings (SSSR count). The summed E-state index contributed by atoms with van der Waals surface area (Å²) in [5.41, 5.74) is 4.77. The van der Waals surface area contributed by atoms with Crippen molar-refractivity contribution >= 4 is 0 Å². The molecule has 0 amide bonds. The van der Waals surface area contributed by atoms with Crippen molar-refractivity contribution < 1.29 is 24.1 Å². The van der Waals surface area contributed by atoms with Gasteiger partial charge in [-0.2, -0.15) is 0 Å². The van der Waals surface area contributed by atoms with Gasteiger partial charge in [-0.1, -0.05) is 17.7 Å². The van der Waals surface area contributed by atoms with Crippen LogP contribution in [0.15, 0.2) is 30.3 Å². The highest BCUT2D eigenvalue weighted by Crippen LogP contribution is 2.22. The van der Waals surface area contributed by atoms with Crippen molar-refractivity contribution in [2.75, 3.05) is 52.7 Å². The summed E-state index contributed by atoms with van der Waals surface area (Å²) in [6, 6.07) is 9.71. The zero-order chi connectivity index (χ0) is 21.0. The number of aromatic nitrogens is 1. The van der Waals surface area contributed by atoms with E-state index in [1.807, 2.05) is 31.2 Å². The first-order valence-corrected chi connectivity index (χ1v) is 10.5. The van der Waals surface area contributed by atoms with Gasteiger partial charge in [0.25, 0.3) is 0 Å². The number of phenolic OH excluding ortho intramolecular Hbond substituents is 1. The van der Waals surface area contributed by atoms with E-state index in [1.165, 1.54) is 0 Å². The summed E-state index contributed by atoms with van der Waals surface area (Å²) in [6.45, 7) is 7.82. The van der Waals surface area contributed by atoms with Gasteiger partial charge in [0.1, 0.15) is 5.75 Å². The number of aromatic hydroxyl groups is 1. The van der Waals surface area contributed by atoms with Crippen LogP contribution in [0.25, 0.3) is 0 Å². The lowest BCUT2D eigenvalue weighted by atomic mass is 10.0. The fourth-order valence-electron chi connectivity index (χ4n) is 3.25. The van der Waals surface area contributed by atoms with Crippen LogP contribution in [0.5, 0.6) is 5.75 Å². The molecule has 0 saturated carbocycles. The van der Waals surface area contributed by atoms with Crippen molar-refractivity contribution in [1.29, 1.82) is 0 Å².